The first-order valence-corrected chi connectivity index (χ1v) is 5.42. The number of ether oxygens (including phenoxy) is 1. The lowest BCUT2D eigenvalue weighted by atomic mass is 10.2. The highest BCUT2D eigenvalue weighted by Gasteiger charge is 2.04. The van der Waals surface area contributed by atoms with E-state index in [1.807, 2.05) is 30.3 Å². The van der Waals surface area contributed by atoms with Crippen molar-refractivity contribution in [2.75, 3.05) is 5.73 Å². The van der Waals surface area contributed by atoms with E-state index in [1.54, 1.807) is 12.1 Å². The number of hydrogen-bond acceptors (Lipinski definition) is 2. The molecule has 0 heterocycles. The van der Waals surface area contributed by atoms with E-state index < -0.39 is 0 Å². The summed E-state index contributed by atoms with van der Waals surface area (Å²) >= 11 is 0. The second-order valence-electron chi connectivity index (χ2n) is 3.80. The standard InChI is InChI=1S/C14H14FNO/c15-14-12(7-4-8-13(14)16)10-17-9-11-5-2-1-3-6-11/h1-8H,9-10,16H2. The van der Waals surface area contributed by atoms with E-state index in [1.165, 1.54) is 6.07 Å². The van der Waals surface area contributed by atoms with E-state index in [-0.39, 0.29) is 18.1 Å². The normalized spacial score (nSPS) is 10.4. The van der Waals surface area contributed by atoms with E-state index >= 15 is 0 Å². The third-order valence-electron chi connectivity index (χ3n) is 2.48. The number of hydrogen-bond donors (Lipinski definition) is 1. The van der Waals surface area contributed by atoms with Crippen LogP contribution in [-0.2, 0) is 18.0 Å². The Labute approximate surface area is 99.8 Å². The van der Waals surface area contributed by atoms with E-state index in [0.29, 0.717) is 12.2 Å². The number of benzene rings is 2. The molecule has 17 heavy (non-hydrogen) atoms. The molecule has 0 saturated carbocycles. The third kappa shape index (κ3) is 3.04. The van der Waals surface area contributed by atoms with Gasteiger partial charge in [-0.3, -0.25) is 0 Å². The van der Waals surface area contributed by atoms with Gasteiger partial charge in [-0.15, -0.1) is 0 Å². The Morgan fingerprint density at radius 1 is 0.941 bits per heavy atom. The van der Waals surface area contributed by atoms with Gasteiger partial charge in [0.05, 0.1) is 18.9 Å². The zero-order valence-corrected chi connectivity index (χ0v) is 9.40. The van der Waals surface area contributed by atoms with Gasteiger partial charge in [0.25, 0.3) is 0 Å². The van der Waals surface area contributed by atoms with E-state index in [4.69, 9.17) is 10.5 Å². The number of anilines is 1. The molecule has 0 unspecified atom stereocenters. The average Bonchev–Trinajstić information content (AvgIpc) is 2.36. The van der Waals surface area contributed by atoms with Crippen LogP contribution in [-0.4, -0.2) is 0 Å². The summed E-state index contributed by atoms with van der Waals surface area (Å²) in [6.45, 7) is 0.695. The fourth-order valence-electron chi connectivity index (χ4n) is 1.56. The lowest BCUT2D eigenvalue weighted by molar-refractivity contribution is 0.105. The Hall–Kier alpha value is -1.87. The fourth-order valence-corrected chi connectivity index (χ4v) is 1.56. The van der Waals surface area contributed by atoms with Gasteiger partial charge in [-0.05, 0) is 11.6 Å². The maximum atomic E-state index is 13.5. The highest BCUT2D eigenvalue weighted by molar-refractivity contribution is 5.42. The lowest BCUT2D eigenvalue weighted by Gasteiger charge is -2.06. The van der Waals surface area contributed by atoms with Gasteiger partial charge in [-0.1, -0.05) is 42.5 Å². The van der Waals surface area contributed by atoms with Gasteiger partial charge in [-0.2, -0.15) is 0 Å². The molecule has 2 N–H and O–H groups in total. The Kier molecular flexibility index (Phi) is 3.73. The molecule has 0 atom stereocenters. The molecule has 0 aliphatic heterocycles. The Balaban J connectivity index is 1.93. The number of rotatable bonds is 4. The van der Waals surface area contributed by atoms with Crippen LogP contribution in [0.25, 0.3) is 0 Å². The van der Waals surface area contributed by atoms with Gasteiger partial charge in [0, 0.05) is 5.56 Å². The number of halogens is 1. The van der Waals surface area contributed by atoms with E-state index in [2.05, 4.69) is 0 Å². The summed E-state index contributed by atoms with van der Waals surface area (Å²) in [6, 6.07) is 14.7. The smallest absolute Gasteiger partial charge is 0.151 e. The minimum atomic E-state index is -0.388. The highest BCUT2D eigenvalue weighted by Crippen LogP contribution is 2.16. The van der Waals surface area contributed by atoms with Gasteiger partial charge in [-0.25, -0.2) is 4.39 Å². The van der Waals surface area contributed by atoms with Crippen LogP contribution in [0.2, 0.25) is 0 Å². The molecular formula is C14H14FNO. The van der Waals surface area contributed by atoms with Gasteiger partial charge in [0.2, 0.25) is 0 Å². The predicted molar refractivity (Wildman–Crippen MR) is 65.7 cm³/mol. The van der Waals surface area contributed by atoms with Crippen molar-refractivity contribution in [3.8, 4) is 0 Å². The minimum Gasteiger partial charge on any atom is -0.396 e. The van der Waals surface area contributed by atoms with Crippen LogP contribution < -0.4 is 5.73 Å². The second kappa shape index (κ2) is 5.46. The van der Waals surface area contributed by atoms with Gasteiger partial charge >= 0.3 is 0 Å². The number of nitrogens with two attached hydrogens (primary N) is 1. The summed E-state index contributed by atoms with van der Waals surface area (Å²) in [5.41, 5.74) is 7.18. The molecule has 2 rings (SSSR count). The average molecular weight is 231 g/mol. The summed E-state index contributed by atoms with van der Waals surface area (Å²) in [6.07, 6.45) is 0. The zero-order valence-electron chi connectivity index (χ0n) is 9.40. The molecule has 2 aromatic carbocycles. The molecule has 0 amide bonds. The predicted octanol–water partition coefficient (Wildman–Crippen LogP) is 3.12. The Morgan fingerprint density at radius 3 is 2.47 bits per heavy atom. The van der Waals surface area contributed by atoms with E-state index in [9.17, 15) is 4.39 Å². The topological polar surface area (TPSA) is 35.2 Å². The third-order valence-corrected chi connectivity index (χ3v) is 2.48. The Bertz CT molecular complexity index is 485. The van der Waals surface area contributed by atoms with Crippen LogP contribution >= 0.6 is 0 Å². The van der Waals surface area contributed by atoms with Crippen molar-refractivity contribution in [1.82, 2.24) is 0 Å². The quantitative estimate of drug-likeness (QED) is 0.820. The molecule has 0 fully saturated rings. The summed E-state index contributed by atoms with van der Waals surface area (Å²) < 4.78 is 19.0. The van der Waals surface area contributed by atoms with Gasteiger partial charge < -0.3 is 10.5 Å². The summed E-state index contributed by atoms with van der Waals surface area (Å²) in [7, 11) is 0. The molecule has 2 nitrogen and oxygen atoms in total. The SMILES string of the molecule is Nc1cccc(COCc2ccccc2)c1F. The van der Waals surface area contributed by atoms with Crippen LogP contribution in [0.4, 0.5) is 10.1 Å². The van der Waals surface area contributed by atoms with E-state index in [0.717, 1.165) is 5.56 Å². The largest absolute Gasteiger partial charge is 0.396 e. The first-order chi connectivity index (χ1) is 8.27. The molecule has 0 radical (unpaired) electrons. The summed E-state index contributed by atoms with van der Waals surface area (Å²) in [5.74, 6) is -0.388. The molecule has 0 bridgehead atoms. The number of nitrogen functional groups attached to an aromatic ring is 1. The summed E-state index contributed by atoms with van der Waals surface area (Å²) in [4.78, 5) is 0. The molecule has 2 aromatic rings. The summed E-state index contributed by atoms with van der Waals surface area (Å²) in [5, 5.41) is 0. The lowest BCUT2D eigenvalue weighted by Crippen LogP contribution is -1.99. The first kappa shape index (κ1) is 11.6. The molecule has 0 aliphatic rings. The molecule has 0 aromatic heterocycles. The maximum Gasteiger partial charge on any atom is 0.151 e. The van der Waals surface area contributed by atoms with Crippen molar-refractivity contribution in [3.63, 3.8) is 0 Å². The monoisotopic (exact) mass is 231 g/mol. The highest BCUT2D eigenvalue weighted by atomic mass is 19.1. The van der Waals surface area contributed by atoms with Crippen molar-refractivity contribution >= 4 is 5.69 Å². The molecule has 0 spiro atoms. The van der Waals surface area contributed by atoms with Crippen molar-refractivity contribution < 1.29 is 9.13 Å². The second-order valence-corrected chi connectivity index (χ2v) is 3.80. The van der Waals surface area contributed by atoms with Crippen molar-refractivity contribution in [2.45, 2.75) is 13.2 Å². The molecule has 3 heteroatoms. The molecule has 88 valence electrons. The van der Waals surface area contributed by atoms with Crippen LogP contribution in [0.1, 0.15) is 11.1 Å². The van der Waals surface area contributed by atoms with Crippen LogP contribution in [0.15, 0.2) is 48.5 Å². The van der Waals surface area contributed by atoms with Gasteiger partial charge in [0.15, 0.2) is 5.82 Å². The van der Waals surface area contributed by atoms with Crippen LogP contribution in [0, 0.1) is 5.82 Å². The zero-order chi connectivity index (χ0) is 12.1. The minimum absolute atomic E-state index is 0.158. The van der Waals surface area contributed by atoms with Crippen LogP contribution in [0.3, 0.4) is 0 Å². The van der Waals surface area contributed by atoms with Crippen molar-refractivity contribution in [3.05, 3.63) is 65.5 Å². The molecular weight excluding hydrogens is 217 g/mol. The maximum absolute atomic E-state index is 13.5. The first-order valence-electron chi connectivity index (χ1n) is 5.42. The van der Waals surface area contributed by atoms with Gasteiger partial charge in [0.1, 0.15) is 0 Å². The molecule has 0 aliphatic carbocycles. The Morgan fingerprint density at radius 2 is 1.71 bits per heavy atom. The fraction of sp³-hybridized carbons (Fsp3) is 0.143. The van der Waals surface area contributed by atoms with Crippen molar-refractivity contribution in [2.24, 2.45) is 0 Å². The van der Waals surface area contributed by atoms with Crippen LogP contribution in [0.5, 0.6) is 0 Å². The molecule has 0 saturated heterocycles. The van der Waals surface area contributed by atoms with Crippen molar-refractivity contribution in [1.29, 1.82) is 0 Å².